The molecular weight excluding hydrogens is 617 g/mol. The van der Waals surface area contributed by atoms with Crippen LogP contribution in [-0.2, 0) is 15.7 Å². The normalized spacial score (nSPS) is 19.8. The van der Waals surface area contributed by atoms with Crippen LogP contribution in [0.25, 0.3) is 10.1 Å². The Hall–Kier alpha value is -2.81. The van der Waals surface area contributed by atoms with Gasteiger partial charge in [-0.25, -0.2) is 4.39 Å². The van der Waals surface area contributed by atoms with Crippen molar-refractivity contribution in [2.24, 2.45) is 0 Å². The molecule has 44 heavy (non-hydrogen) atoms. The van der Waals surface area contributed by atoms with Gasteiger partial charge in [-0.1, -0.05) is 24.0 Å². The van der Waals surface area contributed by atoms with Crippen LogP contribution in [0.2, 0.25) is 0 Å². The minimum Gasteiger partial charge on any atom is -0.495 e. The molecule has 1 fully saturated rings. The van der Waals surface area contributed by atoms with Crippen molar-refractivity contribution in [2.75, 3.05) is 70.9 Å². The van der Waals surface area contributed by atoms with E-state index in [1.807, 2.05) is 4.90 Å². The van der Waals surface area contributed by atoms with E-state index in [-0.39, 0.29) is 48.1 Å². The van der Waals surface area contributed by atoms with Crippen molar-refractivity contribution in [3.05, 3.63) is 46.8 Å². The Labute approximate surface area is 263 Å². The number of thiophene rings is 1. The number of hydrogen-bond donors (Lipinski definition) is 3. The van der Waals surface area contributed by atoms with Crippen molar-refractivity contribution in [3.8, 4) is 17.6 Å². The summed E-state index contributed by atoms with van der Waals surface area (Å²) in [6, 6.07) is 8.85. The number of anilines is 2. The first-order chi connectivity index (χ1) is 21.9. The maximum Gasteiger partial charge on any atom is 0.393 e. The number of nitrogens with one attached hydrogen (secondary N) is 2. The summed E-state index contributed by atoms with van der Waals surface area (Å²) in [6.07, 6.45) is -7.28. The number of alkyl halides is 4. The fourth-order valence-electron chi connectivity index (χ4n) is 5.14. The van der Waals surface area contributed by atoms with Crippen LogP contribution in [0.3, 0.4) is 0 Å². The minimum atomic E-state index is -4.50. The number of piperidine rings is 1. The minimum absolute atomic E-state index is 0.0184. The Kier molecular flexibility index (Phi) is 9.86. The lowest BCUT2D eigenvalue weighted by molar-refractivity contribution is -0.126. The maximum absolute atomic E-state index is 15.2. The Bertz CT molecular complexity index is 1650. The van der Waals surface area contributed by atoms with E-state index >= 15 is 4.39 Å². The number of aliphatic hydroxyl groups is 1. The molecule has 1 aromatic heterocycles. The first-order valence-corrected chi connectivity index (χ1v) is 17.4. The zero-order chi connectivity index (χ0) is 34.6. The van der Waals surface area contributed by atoms with Crippen molar-refractivity contribution in [2.45, 2.75) is 37.3 Å². The van der Waals surface area contributed by atoms with Crippen molar-refractivity contribution < 1.29 is 40.8 Å². The Morgan fingerprint density at radius 3 is 2.75 bits per heavy atom. The largest absolute Gasteiger partial charge is 0.495 e. The number of likely N-dealkylation sites (tertiary alicyclic amines) is 1. The number of methoxy groups -OCH3 is 2. The number of nitrogens with zero attached hydrogens (tertiary/aromatic N) is 1. The summed E-state index contributed by atoms with van der Waals surface area (Å²) in [6.45, 7) is 4.07. The zero-order valence-corrected chi connectivity index (χ0v) is 26.3. The lowest BCUT2D eigenvalue weighted by Crippen LogP contribution is -2.50. The van der Waals surface area contributed by atoms with Gasteiger partial charge in [0.1, 0.15) is 19.1 Å². The molecule has 1 unspecified atom stereocenters. The molecule has 1 aliphatic heterocycles. The van der Waals surface area contributed by atoms with Crippen LogP contribution in [0.1, 0.15) is 21.0 Å². The highest BCUT2D eigenvalue weighted by atomic mass is 32.1. The van der Waals surface area contributed by atoms with Crippen LogP contribution < -0.4 is 20.7 Å². The average Bonchev–Trinajstić information content (AvgIpc) is 3.28. The van der Waals surface area contributed by atoms with E-state index in [1.54, 1.807) is 37.6 Å². The highest BCUT2D eigenvalue weighted by Crippen LogP contribution is 2.40. The summed E-state index contributed by atoms with van der Waals surface area (Å²) in [4.78, 5) is 2.03. The lowest BCUT2D eigenvalue weighted by Gasteiger charge is -2.36. The van der Waals surface area contributed by atoms with Gasteiger partial charge in [0.05, 0.1) is 63.8 Å². The van der Waals surface area contributed by atoms with E-state index in [0.29, 0.717) is 34.0 Å². The van der Waals surface area contributed by atoms with Gasteiger partial charge in [0.25, 0.3) is 0 Å². The van der Waals surface area contributed by atoms with E-state index in [1.165, 1.54) is 19.2 Å². The molecule has 2 aromatic carbocycles. The van der Waals surface area contributed by atoms with Gasteiger partial charge in [0.15, 0.2) is 0 Å². The summed E-state index contributed by atoms with van der Waals surface area (Å²) in [5, 5.41) is 16.9. The Balaban J connectivity index is 1.56. The molecule has 7 nitrogen and oxygen atoms in total. The standard InChI is InChI=1S/C31H38F4N3O4PS/c1-41-19-20(39)17-38-14-12-25(24(32)18-38)37-27-8-5-7-22-23(16-31(33,34)35)29(44-30(22)27)9-6-13-36-26-11-10-21(43(3,4)40)15-28(26)42-2/h5,7-8,10-11,15,20,24-25,36-37,39H,12-14,16-19H2,1-4H3/t20?,24-,25+/m0/s1/i2D3. The fraction of sp³-hybridized carbons (Fsp3) is 0.484. The summed E-state index contributed by atoms with van der Waals surface area (Å²) in [7, 11) is -4.01. The molecule has 2 heterocycles. The number of halogens is 4. The Morgan fingerprint density at radius 1 is 1.27 bits per heavy atom. The van der Waals surface area contributed by atoms with Crippen LogP contribution in [0, 0.1) is 11.8 Å². The molecule has 0 saturated carbocycles. The van der Waals surface area contributed by atoms with E-state index in [9.17, 15) is 22.8 Å². The van der Waals surface area contributed by atoms with Gasteiger partial charge in [0, 0.05) is 32.0 Å². The second-order valence-corrected chi connectivity index (χ2v) is 15.3. The van der Waals surface area contributed by atoms with Crippen molar-refractivity contribution in [1.29, 1.82) is 0 Å². The summed E-state index contributed by atoms with van der Waals surface area (Å²) >= 11 is 1.08. The van der Waals surface area contributed by atoms with Gasteiger partial charge >= 0.3 is 6.18 Å². The molecule has 0 radical (unpaired) electrons. The van der Waals surface area contributed by atoms with Crippen LogP contribution >= 0.6 is 18.5 Å². The van der Waals surface area contributed by atoms with Gasteiger partial charge in [-0.3, -0.25) is 4.90 Å². The molecule has 1 aliphatic rings. The maximum atomic E-state index is 15.2. The topological polar surface area (TPSA) is 83.1 Å². The molecule has 240 valence electrons. The molecule has 3 atom stereocenters. The Morgan fingerprint density at radius 2 is 2.07 bits per heavy atom. The third-order valence-corrected chi connectivity index (χ3v) is 9.97. The molecule has 0 amide bonds. The number of hydrogen-bond acceptors (Lipinski definition) is 8. The molecule has 0 spiro atoms. The van der Waals surface area contributed by atoms with Gasteiger partial charge in [-0.2, -0.15) is 13.2 Å². The second kappa shape index (κ2) is 14.5. The van der Waals surface area contributed by atoms with Crippen molar-refractivity contribution >= 4 is 45.2 Å². The number of benzene rings is 2. The van der Waals surface area contributed by atoms with E-state index in [4.69, 9.17) is 13.6 Å². The molecule has 3 aromatic rings. The first-order valence-electron chi connectivity index (χ1n) is 15.5. The molecule has 13 heteroatoms. The highest BCUT2D eigenvalue weighted by Gasteiger charge is 2.33. The molecule has 3 N–H and O–H groups in total. The third-order valence-electron chi connectivity index (χ3n) is 7.26. The van der Waals surface area contributed by atoms with Gasteiger partial charge in [-0.05, 0) is 55.0 Å². The number of fused-ring (bicyclic) bond motifs is 1. The monoisotopic (exact) mass is 658 g/mol. The van der Waals surface area contributed by atoms with Gasteiger partial charge in [0.2, 0.25) is 0 Å². The van der Waals surface area contributed by atoms with Crippen LogP contribution in [0.15, 0.2) is 36.4 Å². The highest BCUT2D eigenvalue weighted by molar-refractivity contribution is 7.70. The number of β-amino-alcohol motifs (C(OH)–C–C–N with tert-alkyl or cyclic N) is 1. The number of aliphatic hydroxyl groups excluding tert-OH is 1. The smallest absolute Gasteiger partial charge is 0.393 e. The SMILES string of the molecule is [2H]C([2H])([2H])Oc1cc(P(C)(C)=O)ccc1NCC#Cc1sc2c(N[C@@H]3CCN(CC(O)COC)C[C@@H]3F)cccc2c1CC(F)(F)F. The number of rotatable bonds is 11. The first kappa shape index (κ1) is 29.9. The molecule has 0 bridgehead atoms. The van der Waals surface area contributed by atoms with E-state index < -0.39 is 45.1 Å². The van der Waals surface area contributed by atoms with Crippen molar-refractivity contribution in [3.63, 3.8) is 0 Å². The van der Waals surface area contributed by atoms with Crippen LogP contribution in [-0.4, -0.2) is 94.8 Å². The van der Waals surface area contributed by atoms with Gasteiger partial charge < -0.3 is 29.8 Å². The molecular formula is C31H38F4N3O4PS. The fourth-order valence-corrected chi connectivity index (χ4v) is 7.17. The second-order valence-electron chi connectivity index (χ2n) is 11.1. The predicted octanol–water partition coefficient (Wildman–Crippen LogP) is 5.56. The predicted molar refractivity (Wildman–Crippen MR) is 170 cm³/mol. The number of ether oxygens (including phenoxy) is 2. The quantitative estimate of drug-likeness (QED) is 0.142. The van der Waals surface area contributed by atoms with Crippen molar-refractivity contribution in [1.82, 2.24) is 4.90 Å². The summed E-state index contributed by atoms with van der Waals surface area (Å²) in [5.74, 6) is 5.62. The van der Waals surface area contributed by atoms with Gasteiger partial charge in [-0.15, -0.1) is 11.3 Å². The zero-order valence-electron chi connectivity index (χ0n) is 27.6. The summed E-state index contributed by atoms with van der Waals surface area (Å²) in [5.41, 5.74) is 0.800. The summed E-state index contributed by atoms with van der Waals surface area (Å²) < 4.78 is 102. The van der Waals surface area contributed by atoms with E-state index in [2.05, 4.69) is 22.5 Å². The van der Waals surface area contributed by atoms with Crippen LogP contribution in [0.4, 0.5) is 28.9 Å². The van der Waals surface area contributed by atoms with Crippen LogP contribution in [0.5, 0.6) is 5.75 Å². The molecule has 0 aliphatic carbocycles. The third kappa shape index (κ3) is 8.89. The lowest BCUT2D eigenvalue weighted by atomic mass is 10.0. The molecule has 4 rings (SSSR count). The van der Waals surface area contributed by atoms with E-state index in [0.717, 1.165) is 11.3 Å². The average molecular weight is 659 g/mol. The molecule has 1 saturated heterocycles.